The molecule has 0 saturated carbocycles. The van der Waals surface area contributed by atoms with Crippen molar-refractivity contribution in [3.8, 4) is 0 Å². The van der Waals surface area contributed by atoms with E-state index in [4.69, 9.17) is 16.3 Å². The van der Waals surface area contributed by atoms with Gasteiger partial charge in [-0.3, -0.25) is 4.79 Å². The number of aromatic nitrogens is 1. The van der Waals surface area contributed by atoms with Crippen LogP contribution in [0.25, 0.3) is 0 Å². The fraction of sp³-hybridized carbons (Fsp3) is 0.500. The monoisotopic (exact) mass is 254 g/mol. The molecule has 0 aliphatic carbocycles. The molecule has 2 rings (SSSR count). The van der Waals surface area contributed by atoms with Crippen LogP contribution >= 0.6 is 11.6 Å². The molecule has 1 aromatic rings. The van der Waals surface area contributed by atoms with Crippen LogP contribution in [0, 0.1) is 6.92 Å². The van der Waals surface area contributed by atoms with Gasteiger partial charge in [-0.15, -0.1) is 11.6 Å². The number of hydrogen-bond donors (Lipinski definition) is 0. The van der Waals surface area contributed by atoms with E-state index in [-0.39, 0.29) is 11.9 Å². The summed E-state index contributed by atoms with van der Waals surface area (Å²) in [5, 5.41) is 0. The van der Waals surface area contributed by atoms with Crippen LogP contribution < -0.4 is 0 Å². The van der Waals surface area contributed by atoms with Gasteiger partial charge in [0, 0.05) is 18.1 Å². The molecule has 0 N–H and O–H groups in total. The number of nitrogens with zero attached hydrogens (tertiary/aromatic N) is 2. The average molecular weight is 255 g/mol. The molecule has 4 nitrogen and oxygen atoms in total. The normalized spacial score (nSPS) is 20.4. The van der Waals surface area contributed by atoms with Crippen molar-refractivity contribution in [3.05, 3.63) is 29.6 Å². The van der Waals surface area contributed by atoms with Crippen LogP contribution in [0.2, 0.25) is 0 Å². The molecule has 1 amide bonds. The van der Waals surface area contributed by atoms with E-state index in [1.54, 1.807) is 11.0 Å². The number of carbonyl (C=O) groups is 1. The van der Waals surface area contributed by atoms with E-state index < -0.39 is 0 Å². The van der Waals surface area contributed by atoms with Gasteiger partial charge >= 0.3 is 0 Å². The van der Waals surface area contributed by atoms with Crippen molar-refractivity contribution < 1.29 is 9.53 Å². The Labute approximate surface area is 106 Å². The number of hydrogen-bond acceptors (Lipinski definition) is 3. The van der Waals surface area contributed by atoms with Crippen molar-refractivity contribution in [1.29, 1.82) is 0 Å². The fourth-order valence-corrected chi connectivity index (χ4v) is 2.11. The SMILES string of the molecule is Cc1cccc(C(=O)N2CCOCC2CCl)n1. The number of rotatable bonds is 2. The standard InChI is InChI=1S/C12H15ClN2O2/c1-9-3-2-4-11(14-9)12(16)15-5-6-17-8-10(15)7-13/h2-4,10H,5-8H2,1H3. The van der Waals surface area contributed by atoms with E-state index in [9.17, 15) is 4.79 Å². The summed E-state index contributed by atoms with van der Waals surface area (Å²) in [5.41, 5.74) is 1.31. The Morgan fingerprint density at radius 3 is 3.18 bits per heavy atom. The minimum atomic E-state index is -0.0670. The summed E-state index contributed by atoms with van der Waals surface area (Å²) in [6, 6.07) is 5.39. The highest BCUT2D eigenvalue weighted by molar-refractivity contribution is 6.18. The maximum absolute atomic E-state index is 12.3. The molecule has 1 fully saturated rings. The van der Waals surface area contributed by atoms with Crippen molar-refractivity contribution in [3.63, 3.8) is 0 Å². The quantitative estimate of drug-likeness (QED) is 0.751. The maximum Gasteiger partial charge on any atom is 0.272 e. The molecule has 1 aliphatic heterocycles. The largest absolute Gasteiger partial charge is 0.377 e. The van der Waals surface area contributed by atoms with E-state index in [1.165, 1.54) is 0 Å². The van der Waals surface area contributed by atoms with Crippen LogP contribution in [-0.2, 0) is 4.74 Å². The van der Waals surface area contributed by atoms with Gasteiger partial charge in [0.15, 0.2) is 0 Å². The fourth-order valence-electron chi connectivity index (χ4n) is 1.86. The molecule has 0 radical (unpaired) electrons. The second kappa shape index (κ2) is 5.47. The van der Waals surface area contributed by atoms with Crippen LogP contribution in [0.3, 0.4) is 0 Å². The van der Waals surface area contributed by atoms with Crippen LogP contribution in [-0.4, -0.2) is 47.5 Å². The Morgan fingerprint density at radius 1 is 1.65 bits per heavy atom. The summed E-state index contributed by atoms with van der Waals surface area (Å²) < 4.78 is 5.31. The highest BCUT2D eigenvalue weighted by Crippen LogP contribution is 2.12. The summed E-state index contributed by atoms with van der Waals surface area (Å²) >= 11 is 5.84. The topological polar surface area (TPSA) is 42.4 Å². The summed E-state index contributed by atoms with van der Waals surface area (Å²) in [4.78, 5) is 18.3. The lowest BCUT2D eigenvalue weighted by atomic mass is 10.2. The summed E-state index contributed by atoms with van der Waals surface area (Å²) in [7, 11) is 0. The molecule has 92 valence electrons. The minimum absolute atomic E-state index is 0.0553. The Hall–Kier alpha value is -1.13. The van der Waals surface area contributed by atoms with Gasteiger partial charge in [-0.25, -0.2) is 4.98 Å². The molecular formula is C12H15ClN2O2. The van der Waals surface area contributed by atoms with Crippen molar-refractivity contribution in [2.75, 3.05) is 25.6 Å². The first-order valence-electron chi connectivity index (χ1n) is 5.60. The third kappa shape index (κ3) is 2.76. The van der Waals surface area contributed by atoms with Gasteiger partial charge < -0.3 is 9.64 Å². The van der Waals surface area contributed by atoms with Crippen molar-refractivity contribution in [1.82, 2.24) is 9.88 Å². The van der Waals surface area contributed by atoms with Gasteiger partial charge in [-0.1, -0.05) is 6.07 Å². The van der Waals surface area contributed by atoms with Gasteiger partial charge in [-0.05, 0) is 19.1 Å². The van der Waals surface area contributed by atoms with Crippen molar-refractivity contribution in [2.45, 2.75) is 13.0 Å². The lowest BCUT2D eigenvalue weighted by Gasteiger charge is -2.34. The van der Waals surface area contributed by atoms with Gasteiger partial charge in [0.05, 0.1) is 19.3 Å². The lowest BCUT2D eigenvalue weighted by Crippen LogP contribution is -2.49. The second-order valence-corrected chi connectivity index (χ2v) is 4.35. The molecule has 1 saturated heterocycles. The Balaban J connectivity index is 2.18. The number of aryl methyl sites for hydroxylation is 1. The van der Waals surface area contributed by atoms with Crippen LogP contribution in [0.15, 0.2) is 18.2 Å². The third-order valence-electron chi connectivity index (χ3n) is 2.77. The van der Waals surface area contributed by atoms with Crippen LogP contribution in [0.1, 0.15) is 16.2 Å². The molecule has 2 heterocycles. The summed E-state index contributed by atoms with van der Waals surface area (Å²) in [6.07, 6.45) is 0. The minimum Gasteiger partial charge on any atom is -0.377 e. The van der Waals surface area contributed by atoms with E-state index in [2.05, 4.69) is 4.98 Å². The number of amides is 1. The lowest BCUT2D eigenvalue weighted by molar-refractivity contribution is 0.00423. The first-order valence-corrected chi connectivity index (χ1v) is 6.14. The predicted molar refractivity (Wildman–Crippen MR) is 65.3 cm³/mol. The van der Waals surface area contributed by atoms with Crippen molar-refractivity contribution in [2.24, 2.45) is 0 Å². The summed E-state index contributed by atoms with van der Waals surface area (Å²) in [6.45, 7) is 3.51. The summed E-state index contributed by atoms with van der Waals surface area (Å²) in [5.74, 6) is 0.319. The molecular weight excluding hydrogens is 240 g/mol. The second-order valence-electron chi connectivity index (χ2n) is 4.05. The first kappa shape index (κ1) is 12.3. The molecule has 0 aromatic carbocycles. The molecule has 0 spiro atoms. The average Bonchev–Trinajstić information content (AvgIpc) is 2.38. The van der Waals surface area contributed by atoms with Crippen LogP contribution in [0.4, 0.5) is 0 Å². The van der Waals surface area contributed by atoms with E-state index >= 15 is 0 Å². The zero-order chi connectivity index (χ0) is 12.3. The number of alkyl halides is 1. The highest BCUT2D eigenvalue weighted by atomic mass is 35.5. The van der Waals surface area contributed by atoms with Gasteiger partial charge in [0.2, 0.25) is 0 Å². The number of pyridine rings is 1. The molecule has 1 aliphatic rings. The highest BCUT2D eigenvalue weighted by Gasteiger charge is 2.27. The number of ether oxygens (including phenoxy) is 1. The van der Waals surface area contributed by atoms with E-state index in [1.807, 2.05) is 19.1 Å². The molecule has 5 heteroatoms. The first-order chi connectivity index (χ1) is 8.22. The predicted octanol–water partition coefficient (Wildman–Crippen LogP) is 1.47. The van der Waals surface area contributed by atoms with E-state index in [0.717, 1.165) is 5.69 Å². The van der Waals surface area contributed by atoms with Crippen molar-refractivity contribution >= 4 is 17.5 Å². The van der Waals surface area contributed by atoms with Gasteiger partial charge in [0.25, 0.3) is 5.91 Å². The molecule has 17 heavy (non-hydrogen) atoms. The zero-order valence-corrected chi connectivity index (χ0v) is 10.5. The van der Waals surface area contributed by atoms with Gasteiger partial charge in [-0.2, -0.15) is 0 Å². The molecule has 1 atom stereocenters. The van der Waals surface area contributed by atoms with Gasteiger partial charge in [0.1, 0.15) is 5.69 Å². The Morgan fingerprint density at radius 2 is 2.47 bits per heavy atom. The van der Waals surface area contributed by atoms with Crippen LogP contribution in [0.5, 0.6) is 0 Å². The smallest absolute Gasteiger partial charge is 0.272 e. The Bertz CT molecular complexity index is 411. The third-order valence-corrected chi connectivity index (χ3v) is 3.13. The number of carbonyl (C=O) groups excluding carboxylic acids is 1. The zero-order valence-electron chi connectivity index (χ0n) is 9.73. The number of halogens is 1. The number of morpholine rings is 1. The maximum atomic E-state index is 12.3. The molecule has 1 unspecified atom stereocenters. The molecule has 0 bridgehead atoms. The van der Waals surface area contributed by atoms with E-state index in [0.29, 0.717) is 31.3 Å². The Kier molecular flexibility index (Phi) is 3.97. The molecule has 1 aromatic heterocycles.